The Hall–Kier alpha value is -1.29. The van der Waals surface area contributed by atoms with Crippen LogP contribution >= 0.6 is 11.8 Å². The number of hydrogen-bond acceptors (Lipinski definition) is 3. The van der Waals surface area contributed by atoms with Gasteiger partial charge in [-0.3, -0.25) is 4.79 Å². The third-order valence-corrected chi connectivity index (χ3v) is 8.42. The number of para-hydroxylation sites is 1. The number of amidine groups is 1. The maximum absolute atomic E-state index is 11.6. The summed E-state index contributed by atoms with van der Waals surface area (Å²) in [6.07, 6.45) is 1.55. The molecule has 0 spiro atoms. The highest BCUT2D eigenvalue weighted by Crippen LogP contribution is 2.58. The first-order valence-corrected chi connectivity index (χ1v) is 9.87. The Morgan fingerprint density at radius 1 is 1.24 bits per heavy atom. The maximum Gasteiger partial charge on any atom is 0.165 e. The summed E-state index contributed by atoms with van der Waals surface area (Å²) in [5.41, 5.74) is 2.05. The van der Waals surface area contributed by atoms with Crippen molar-refractivity contribution in [2.45, 2.75) is 71.6 Å². The number of thioether (sulfide) groups is 1. The van der Waals surface area contributed by atoms with Gasteiger partial charge in [-0.25, -0.2) is 4.99 Å². The molecule has 0 radical (unpaired) electrons. The van der Waals surface area contributed by atoms with E-state index in [1.807, 2.05) is 36.0 Å². The van der Waals surface area contributed by atoms with Crippen molar-refractivity contribution in [3.63, 3.8) is 0 Å². The SMILES string of the molecule is CCC(C)(C)C1(C)SC(=Nc2ccccc2CC(C)=O)N(C)C1(C)C. The van der Waals surface area contributed by atoms with Gasteiger partial charge in [-0.15, -0.1) is 0 Å². The number of benzene rings is 1. The average Bonchev–Trinajstić information content (AvgIpc) is 2.70. The molecule has 1 aliphatic heterocycles. The molecule has 1 saturated heterocycles. The fraction of sp³-hybridized carbons (Fsp3) is 0.619. The van der Waals surface area contributed by atoms with E-state index >= 15 is 0 Å². The van der Waals surface area contributed by atoms with Crippen molar-refractivity contribution in [2.24, 2.45) is 10.4 Å². The average molecular weight is 361 g/mol. The summed E-state index contributed by atoms with van der Waals surface area (Å²) in [7, 11) is 2.14. The molecular formula is C21H32N2OS. The third-order valence-electron chi connectivity index (χ3n) is 6.41. The molecule has 1 atom stereocenters. The Labute approximate surface area is 157 Å². The van der Waals surface area contributed by atoms with Crippen molar-refractivity contribution in [2.75, 3.05) is 7.05 Å². The lowest BCUT2D eigenvalue weighted by molar-refractivity contribution is -0.116. The minimum Gasteiger partial charge on any atom is -0.348 e. The van der Waals surface area contributed by atoms with Crippen molar-refractivity contribution >= 4 is 28.4 Å². The van der Waals surface area contributed by atoms with Crippen molar-refractivity contribution in [3.05, 3.63) is 29.8 Å². The second-order valence-electron chi connectivity index (χ2n) is 8.39. The lowest BCUT2D eigenvalue weighted by Crippen LogP contribution is -2.57. The van der Waals surface area contributed by atoms with Gasteiger partial charge in [0.2, 0.25) is 0 Å². The van der Waals surface area contributed by atoms with Crippen LogP contribution in [0.2, 0.25) is 0 Å². The Kier molecular flexibility index (Phi) is 5.44. The topological polar surface area (TPSA) is 32.7 Å². The van der Waals surface area contributed by atoms with Gasteiger partial charge in [0.1, 0.15) is 5.78 Å². The molecule has 0 aromatic heterocycles. The summed E-state index contributed by atoms with van der Waals surface area (Å²) in [5, 5.41) is 1.03. The van der Waals surface area contributed by atoms with Gasteiger partial charge in [0, 0.05) is 18.2 Å². The summed E-state index contributed by atoms with van der Waals surface area (Å²) in [4.78, 5) is 18.9. The molecule has 2 rings (SSSR count). The zero-order valence-electron chi connectivity index (χ0n) is 16.9. The molecule has 25 heavy (non-hydrogen) atoms. The van der Waals surface area contributed by atoms with E-state index in [2.05, 4.69) is 53.5 Å². The summed E-state index contributed by atoms with van der Waals surface area (Å²) < 4.78 is 0.0395. The number of ketones is 1. The number of nitrogens with zero attached hydrogens (tertiary/aromatic N) is 2. The van der Waals surface area contributed by atoms with Gasteiger partial charge in [0.25, 0.3) is 0 Å². The summed E-state index contributed by atoms with van der Waals surface area (Å²) in [6, 6.07) is 7.97. The number of rotatable bonds is 5. The Bertz CT molecular complexity index is 693. The molecule has 0 bridgehead atoms. The van der Waals surface area contributed by atoms with Crippen LogP contribution in [0.1, 0.15) is 60.5 Å². The fourth-order valence-electron chi connectivity index (χ4n) is 3.48. The first kappa shape index (κ1) is 20.0. The molecule has 0 amide bonds. The van der Waals surface area contributed by atoms with Gasteiger partial charge in [-0.05, 0) is 51.2 Å². The first-order valence-electron chi connectivity index (χ1n) is 9.05. The van der Waals surface area contributed by atoms with Gasteiger partial charge in [0.05, 0.1) is 11.2 Å². The number of Topliss-reactive ketones (excluding diaryl/α,β-unsaturated/α-hetero) is 1. The number of carbonyl (C=O) groups excluding carboxylic acids is 1. The molecule has 1 aliphatic rings. The maximum atomic E-state index is 11.6. The second kappa shape index (κ2) is 6.79. The number of aliphatic imine (C=N–C) groups is 1. The largest absolute Gasteiger partial charge is 0.348 e. The van der Waals surface area contributed by atoms with Crippen LogP contribution < -0.4 is 0 Å². The Morgan fingerprint density at radius 2 is 1.84 bits per heavy atom. The lowest BCUT2D eigenvalue weighted by Gasteiger charge is -2.50. The quantitative estimate of drug-likeness (QED) is 0.699. The molecule has 1 unspecified atom stereocenters. The van der Waals surface area contributed by atoms with Crippen LogP contribution in [-0.2, 0) is 11.2 Å². The predicted octanol–water partition coefficient (Wildman–Crippen LogP) is 5.46. The van der Waals surface area contributed by atoms with Gasteiger partial charge in [0.15, 0.2) is 5.17 Å². The van der Waals surface area contributed by atoms with E-state index in [1.165, 1.54) is 0 Å². The third kappa shape index (κ3) is 3.38. The normalized spacial score (nSPS) is 24.8. The highest BCUT2D eigenvalue weighted by Gasteiger charge is 2.59. The van der Waals surface area contributed by atoms with Gasteiger partial charge in [-0.2, -0.15) is 0 Å². The molecule has 0 N–H and O–H groups in total. The molecule has 0 saturated carbocycles. The molecule has 0 aliphatic carbocycles. The van der Waals surface area contributed by atoms with Crippen molar-refractivity contribution in [3.8, 4) is 0 Å². The van der Waals surface area contributed by atoms with Crippen LogP contribution in [-0.4, -0.2) is 33.2 Å². The van der Waals surface area contributed by atoms with Crippen LogP contribution in [0.5, 0.6) is 0 Å². The molecule has 138 valence electrons. The molecule has 1 heterocycles. The van der Waals surface area contributed by atoms with E-state index < -0.39 is 0 Å². The summed E-state index contributed by atoms with van der Waals surface area (Å²) in [6.45, 7) is 15.6. The van der Waals surface area contributed by atoms with Gasteiger partial charge >= 0.3 is 0 Å². The van der Waals surface area contributed by atoms with Crippen LogP contribution in [0.4, 0.5) is 5.69 Å². The van der Waals surface area contributed by atoms with Crippen molar-refractivity contribution < 1.29 is 4.79 Å². The summed E-state index contributed by atoms with van der Waals surface area (Å²) >= 11 is 1.87. The zero-order valence-corrected chi connectivity index (χ0v) is 17.8. The Balaban J connectivity index is 2.49. The molecule has 1 aromatic carbocycles. The van der Waals surface area contributed by atoms with E-state index in [4.69, 9.17) is 4.99 Å². The van der Waals surface area contributed by atoms with E-state index in [-0.39, 0.29) is 21.5 Å². The van der Waals surface area contributed by atoms with Crippen LogP contribution in [0.25, 0.3) is 0 Å². The van der Waals surface area contributed by atoms with E-state index in [0.29, 0.717) is 6.42 Å². The highest BCUT2D eigenvalue weighted by atomic mass is 32.2. The summed E-state index contributed by atoms with van der Waals surface area (Å²) in [5.74, 6) is 0.164. The standard InChI is InChI=1S/C21H32N2OS/c1-9-19(3,4)21(7)20(5,6)23(8)18(25-21)22-17-13-11-10-12-16(17)14-15(2)24/h10-13H,9,14H2,1-8H3. The minimum absolute atomic E-state index is 0.0223. The van der Waals surface area contributed by atoms with Crippen molar-refractivity contribution in [1.29, 1.82) is 0 Å². The molecular weight excluding hydrogens is 328 g/mol. The molecule has 4 heteroatoms. The van der Waals surface area contributed by atoms with Gasteiger partial charge in [-0.1, -0.05) is 50.7 Å². The van der Waals surface area contributed by atoms with E-state index in [9.17, 15) is 4.79 Å². The predicted molar refractivity (Wildman–Crippen MR) is 110 cm³/mol. The molecule has 1 fully saturated rings. The fourth-order valence-corrected chi connectivity index (χ4v) is 5.16. The van der Waals surface area contributed by atoms with E-state index in [0.717, 1.165) is 22.8 Å². The second-order valence-corrected chi connectivity index (χ2v) is 9.78. The molecule has 1 aromatic rings. The zero-order chi connectivity index (χ0) is 19.0. The van der Waals surface area contributed by atoms with E-state index in [1.54, 1.807) is 6.92 Å². The molecule has 3 nitrogen and oxygen atoms in total. The number of carbonyl (C=O) groups is 1. The number of hydrogen-bond donors (Lipinski definition) is 0. The minimum atomic E-state index is -0.0223. The first-order chi connectivity index (χ1) is 11.5. The van der Waals surface area contributed by atoms with Crippen LogP contribution in [0.3, 0.4) is 0 Å². The van der Waals surface area contributed by atoms with Crippen LogP contribution in [0, 0.1) is 5.41 Å². The Morgan fingerprint density at radius 3 is 2.40 bits per heavy atom. The van der Waals surface area contributed by atoms with Gasteiger partial charge < -0.3 is 4.90 Å². The van der Waals surface area contributed by atoms with Crippen molar-refractivity contribution in [1.82, 2.24) is 4.90 Å². The lowest BCUT2D eigenvalue weighted by atomic mass is 9.67. The monoisotopic (exact) mass is 360 g/mol. The smallest absolute Gasteiger partial charge is 0.165 e. The van der Waals surface area contributed by atoms with Crippen LogP contribution in [0.15, 0.2) is 29.3 Å². The highest BCUT2D eigenvalue weighted by molar-refractivity contribution is 8.15.